The second kappa shape index (κ2) is 7.00. The Kier molecular flexibility index (Phi) is 5.37. The van der Waals surface area contributed by atoms with Crippen molar-refractivity contribution in [2.75, 3.05) is 6.54 Å². The lowest BCUT2D eigenvalue weighted by molar-refractivity contribution is -0.121. The Morgan fingerprint density at radius 1 is 1.36 bits per heavy atom. The van der Waals surface area contributed by atoms with Crippen molar-refractivity contribution in [2.45, 2.75) is 53.6 Å². The summed E-state index contributed by atoms with van der Waals surface area (Å²) >= 11 is 0. The molecule has 0 saturated carbocycles. The van der Waals surface area contributed by atoms with Crippen LogP contribution in [0.3, 0.4) is 0 Å². The number of nitrogens with one attached hydrogen (secondary N) is 2. The number of H-pyrrole nitrogens is 1. The number of carbonyl (C=O) groups excluding carboxylic acids is 1. The molecule has 0 bridgehead atoms. The van der Waals surface area contributed by atoms with Gasteiger partial charge in [0, 0.05) is 25.7 Å². The van der Waals surface area contributed by atoms with Crippen LogP contribution in [0.5, 0.6) is 0 Å². The molecule has 7 nitrogen and oxygen atoms in total. The van der Waals surface area contributed by atoms with Crippen LogP contribution in [-0.2, 0) is 18.3 Å². The van der Waals surface area contributed by atoms with Gasteiger partial charge in [-0.3, -0.25) is 19.4 Å². The quantitative estimate of drug-likeness (QED) is 0.759. The van der Waals surface area contributed by atoms with Gasteiger partial charge in [0.25, 0.3) is 5.56 Å². The third kappa shape index (κ3) is 4.10. The Labute approximate surface area is 147 Å². The molecule has 1 unspecified atom stereocenters. The number of aromatic amines is 1. The molecule has 0 fully saturated rings. The number of fused-ring (bicyclic) bond motifs is 1. The average Bonchev–Trinajstić information content (AvgIpc) is 2.78. The minimum absolute atomic E-state index is 0.112. The lowest BCUT2D eigenvalue weighted by atomic mass is 9.89. The fourth-order valence-electron chi connectivity index (χ4n) is 2.82. The van der Waals surface area contributed by atoms with Gasteiger partial charge in [0.1, 0.15) is 0 Å². The van der Waals surface area contributed by atoms with E-state index < -0.39 is 6.10 Å². The van der Waals surface area contributed by atoms with Crippen molar-refractivity contribution in [3.05, 3.63) is 27.2 Å². The van der Waals surface area contributed by atoms with Gasteiger partial charge in [-0.1, -0.05) is 20.8 Å². The third-order valence-corrected chi connectivity index (χ3v) is 4.67. The number of pyridine rings is 1. The van der Waals surface area contributed by atoms with E-state index in [2.05, 4.69) is 15.4 Å². The van der Waals surface area contributed by atoms with Gasteiger partial charge >= 0.3 is 0 Å². The molecule has 0 aliphatic carbocycles. The van der Waals surface area contributed by atoms with Gasteiger partial charge in [-0.15, -0.1) is 0 Å². The predicted molar refractivity (Wildman–Crippen MR) is 97.6 cm³/mol. The highest BCUT2D eigenvalue weighted by atomic mass is 16.3. The third-order valence-electron chi connectivity index (χ3n) is 4.67. The lowest BCUT2D eigenvalue weighted by Crippen LogP contribution is -2.39. The van der Waals surface area contributed by atoms with Gasteiger partial charge in [0.2, 0.25) is 5.91 Å². The predicted octanol–water partition coefficient (Wildman–Crippen LogP) is 1.33. The molecule has 2 aromatic rings. The summed E-state index contributed by atoms with van der Waals surface area (Å²) in [6, 6.07) is 0. The number of aromatic nitrogens is 3. The number of nitrogens with zero attached hydrogens (tertiary/aromatic N) is 2. The van der Waals surface area contributed by atoms with Gasteiger partial charge < -0.3 is 10.4 Å². The minimum atomic E-state index is -0.596. The molecule has 0 radical (unpaired) electrons. The molecule has 0 saturated heterocycles. The van der Waals surface area contributed by atoms with Crippen LogP contribution in [0.2, 0.25) is 0 Å². The van der Waals surface area contributed by atoms with Crippen LogP contribution in [0.15, 0.2) is 4.79 Å². The number of hydrogen-bond acceptors (Lipinski definition) is 4. The SMILES string of the molecule is Cc1nc2[nH]n(C)c(=O)c2c(C)c1CCC(=O)NCC(O)C(C)(C)C. The standard InChI is InChI=1S/C18H28N4O3/c1-10-12(7-8-14(24)19-9-13(23)18(3,4)5)11(2)20-16-15(10)17(25)22(6)21-16/h13,23H,7-9H2,1-6H3,(H,19,24)(H,20,21). The zero-order chi connectivity index (χ0) is 18.9. The molecular weight excluding hydrogens is 320 g/mol. The maximum absolute atomic E-state index is 12.2. The van der Waals surface area contributed by atoms with Gasteiger partial charge in [0.15, 0.2) is 5.65 Å². The topological polar surface area (TPSA) is 100 Å². The highest BCUT2D eigenvalue weighted by Gasteiger charge is 2.22. The van der Waals surface area contributed by atoms with E-state index in [0.717, 1.165) is 16.8 Å². The number of hydrogen-bond donors (Lipinski definition) is 3. The Bertz CT molecular complexity index is 843. The maximum atomic E-state index is 12.2. The van der Waals surface area contributed by atoms with Crippen LogP contribution >= 0.6 is 0 Å². The largest absolute Gasteiger partial charge is 0.391 e. The van der Waals surface area contributed by atoms with Crippen LogP contribution < -0.4 is 10.9 Å². The average molecular weight is 348 g/mol. The van der Waals surface area contributed by atoms with Crippen molar-refractivity contribution in [2.24, 2.45) is 12.5 Å². The van der Waals surface area contributed by atoms with Crippen LogP contribution in [0.25, 0.3) is 11.0 Å². The van der Waals surface area contributed by atoms with Crippen molar-refractivity contribution in [1.82, 2.24) is 20.1 Å². The number of aliphatic hydroxyl groups is 1. The lowest BCUT2D eigenvalue weighted by Gasteiger charge is -2.25. The Hall–Kier alpha value is -2.15. The molecule has 0 aliphatic heterocycles. The second-order valence-electron chi connectivity index (χ2n) is 7.69. The van der Waals surface area contributed by atoms with Crippen LogP contribution in [0.1, 0.15) is 44.0 Å². The Morgan fingerprint density at radius 2 is 2.00 bits per heavy atom. The summed E-state index contributed by atoms with van der Waals surface area (Å²) < 4.78 is 1.41. The highest BCUT2D eigenvalue weighted by Crippen LogP contribution is 2.21. The number of rotatable bonds is 5. The zero-order valence-corrected chi connectivity index (χ0v) is 15.9. The molecule has 2 rings (SSSR count). The summed E-state index contributed by atoms with van der Waals surface area (Å²) in [6.45, 7) is 9.78. The Morgan fingerprint density at radius 3 is 2.60 bits per heavy atom. The number of carbonyl (C=O) groups is 1. The number of amides is 1. The molecular formula is C18H28N4O3. The van der Waals surface area contributed by atoms with Gasteiger partial charge in [-0.05, 0) is 36.8 Å². The number of aryl methyl sites for hydroxylation is 3. The molecule has 2 aromatic heterocycles. The monoisotopic (exact) mass is 348 g/mol. The van der Waals surface area contributed by atoms with E-state index in [-0.39, 0.29) is 29.8 Å². The summed E-state index contributed by atoms with van der Waals surface area (Å²) in [5.41, 5.74) is 2.80. The van der Waals surface area contributed by atoms with Crippen LogP contribution in [0, 0.1) is 19.3 Å². The van der Waals surface area contributed by atoms with Crippen molar-refractivity contribution in [3.8, 4) is 0 Å². The molecule has 1 atom stereocenters. The van der Waals surface area contributed by atoms with E-state index in [1.54, 1.807) is 7.05 Å². The summed E-state index contributed by atoms with van der Waals surface area (Å²) in [5, 5.41) is 16.3. The summed E-state index contributed by atoms with van der Waals surface area (Å²) in [4.78, 5) is 28.8. The summed E-state index contributed by atoms with van der Waals surface area (Å²) in [6.07, 6.45) is 0.198. The van der Waals surface area contributed by atoms with E-state index in [1.807, 2.05) is 34.6 Å². The molecule has 25 heavy (non-hydrogen) atoms. The molecule has 7 heteroatoms. The molecule has 138 valence electrons. The zero-order valence-electron chi connectivity index (χ0n) is 15.9. The fraction of sp³-hybridized carbons (Fsp3) is 0.611. The summed E-state index contributed by atoms with van der Waals surface area (Å²) in [5.74, 6) is -0.121. The first-order chi connectivity index (χ1) is 11.5. The van der Waals surface area contributed by atoms with Gasteiger partial charge in [-0.25, -0.2) is 4.98 Å². The summed E-state index contributed by atoms with van der Waals surface area (Å²) in [7, 11) is 1.66. The van der Waals surface area contributed by atoms with E-state index in [4.69, 9.17) is 0 Å². The van der Waals surface area contributed by atoms with Crippen LogP contribution in [-0.4, -0.2) is 38.4 Å². The molecule has 1 amide bonds. The fourth-order valence-corrected chi connectivity index (χ4v) is 2.82. The molecule has 0 spiro atoms. The number of aliphatic hydroxyl groups excluding tert-OH is 1. The smallest absolute Gasteiger partial charge is 0.276 e. The van der Waals surface area contributed by atoms with Gasteiger partial charge in [-0.2, -0.15) is 0 Å². The first-order valence-corrected chi connectivity index (χ1v) is 8.52. The highest BCUT2D eigenvalue weighted by molar-refractivity contribution is 5.80. The normalized spacial score (nSPS) is 13.2. The van der Waals surface area contributed by atoms with Crippen molar-refractivity contribution >= 4 is 16.9 Å². The first-order valence-electron chi connectivity index (χ1n) is 8.52. The second-order valence-corrected chi connectivity index (χ2v) is 7.69. The molecule has 2 heterocycles. The van der Waals surface area contributed by atoms with Crippen molar-refractivity contribution in [3.63, 3.8) is 0 Å². The van der Waals surface area contributed by atoms with Gasteiger partial charge in [0.05, 0.1) is 11.5 Å². The molecule has 0 aliphatic rings. The van der Waals surface area contributed by atoms with E-state index in [0.29, 0.717) is 17.5 Å². The first kappa shape index (κ1) is 19.2. The van der Waals surface area contributed by atoms with Crippen LogP contribution in [0.4, 0.5) is 0 Å². The van der Waals surface area contributed by atoms with E-state index in [9.17, 15) is 14.7 Å². The van der Waals surface area contributed by atoms with E-state index in [1.165, 1.54) is 4.68 Å². The maximum Gasteiger partial charge on any atom is 0.276 e. The molecule has 0 aromatic carbocycles. The molecule has 3 N–H and O–H groups in total. The Balaban J connectivity index is 2.09. The van der Waals surface area contributed by atoms with E-state index >= 15 is 0 Å². The minimum Gasteiger partial charge on any atom is -0.391 e. The van der Waals surface area contributed by atoms with Crippen molar-refractivity contribution in [1.29, 1.82) is 0 Å². The van der Waals surface area contributed by atoms with Crippen molar-refractivity contribution < 1.29 is 9.90 Å².